The van der Waals surface area contributed by atoms with Gasteiger partial charge in [0.05, 0.1) is 6.21 Å². The van der Waals surface area contributed by atoms with Crippen molar-refractivity contribution in [2.45, 2.75) is 32.8 Å². The van der Waals surface area contributed by atoms with Crippen LogP contribution in [-0.2, 0) is 4.74 Å². The molecule has 1 N–H and O–H groups in total. The molecule has 7 heteroatoms. The van der Waals surface area contributed by atoms with Gasteiger partial charge in [0.15, 0.2) is 5.82 Å². The van der Waals surface area contributed by atoms with Crippen LogP contribution >= 0.6 is 12.2 Å². The lowest BCUT2D eigenvalue weighted by Crippen LogP contribution is -2.21. The Bertz CT molecular complexity index is 739. The maximum atomic E-state index is 5.68. The Morgan fingerprint density at radius 3 is 2.75 bits per heavy atom. The van der Waals surface area contributed by atoms with Crippen LogP contribution < -0.4 is 4.90 Å². The molecule has 1 saturated heterocycles. The standard InChI is InChI=1S/C17H23N5OS/c1-3-21(4-2)14-9-7-13(8-10-14)12-18-22-16(19-20-17(22)24)15-6-5-11-23-15/h7-10,12,15H,3-6,11H2,1-2H3,(H,20,24)/b18-12-/t15-/m1/s1. The van der Waals surface area contributed by atoms with Gasteiger partial charge in [-0.1, -0.05) is 12.1 Å². The molecule has 1 aliphatic rings. The van der Waals surface area contributed by atoms with Crippen molar-refractivity contribution in [2.75, 3.05) is 24.6 Å². The van der Waals surface area contributed by atoms with Crippen LogP contribution in [0.25, 0.3) is 0 Å². The van der Waals surface area contributed by atoms with Crippen molar-refractivity contribution < 1.29 is 4.74 Å². The van der Waals surface area contributed by atoms with E-state index < -0.39 is 0 Å². The predicted octanol–water partition coefficient (Wildman–Crippen LogP) is 3.52. The number of H-pyrrole nitrogens is 1. The highest BCUT2D eigenvalue weighted by Crippen LogP contribution is 2.27. The number of aromatic nitrogens is 3. The van der Waals surface area contributed by atoms with Crippen molar-refractivity contribution in [2.24, 2.45) is 5.10 Å². The monoisotopic (exact) mass is 345 g/mol. The fourth-order valence-corrected chi connectivity index (χ4v) is 3.08. The molecule has 24 heavy (non-hydrogen) atoms. The molecule has 2 heterocycles. The molecule has 0 spiro atoms. The van der Waals surface area contributed by atoms with E-state index in [0.29, 0.717) is 4.77 Å². The number of anilines is 1. The SMILES string of the molecule is CCN(CC)c1ccc(/C=N\n2c([C@H]3CCCO3)n[nH]c2=S)cc1. The molecular weight excluding hydrogens is 322 g/mol. The first-order chi connectivity index (χ1) is 11.7. The smallest absolute Gasteiger partial charge is 0.216 e. The Morgan fingerprint density at radius 2 is 2.12 bits per heavy atom. The average Bonchev–Trinajstić information content (AvgIpc) is 3.25. The van der Waals surface area contributed by atoms with Gasteiger partial charge in [-0.15, -0.1) is 0 Å². The van der Waals surface area contributed by atoms with Gasteiger partial charge in [0.25, 0.3) is 0 Å². The van der Waals surface area contributed by atoms with Crippen LogP contribution in [0.3, 0.4) is 0 Å². The second-order valence-corrected chi connectivity index (χ2v) is 6.10. The van der Waals surface area contributed by atoms with E-state index in [-0.39, 0.29) is 6.10 Å². The van der Waals surface area contributed by atoms with Gasteiger partial charge in [0.1, 0.15) is 6.10 Å². The summed E-state index contributed by atoms with van der Waals surface area (Å²) in [5, 5.41) is 11.6. The van der Waals surface area contributed by atoms with E-state index in [1.54, 1.807) is 10.9 Å². The summed E-state index contributed by atoms with van der Waals surface area (Å²) < 4.78 is 7.82. The molecule has 0 bridgehead atoms. The lowest BCUT2D eigenvalue weighted by molar-refractivity contribution is 0.102. The lowest BCUT2D eigenvalue weighted by atomic mass is 10.2. The zero-order chi connectivity index (χ0) is 16.9. The summed E-state index contributed by atoms with van der Waals surface area (Å²) in [6.07, 6.45) is 3.77. The van der Waals surface area contributed by atoms with Gasteiger partial charge in [-0.25, -0.2) is 0 Å². The molecule has 1 aromatic carbocycles. The molecule has 0 saturated carbocycles. The number of hydrogen-bond donors (Lipinski definition) is 1. The van der Waals surface area contributed by atoms with Crippen LogP contribution in [0.4, 0.5) is 5.69 Å². The molecular formula is C17H23N5OS. The molecule has 3 rings (SSSR count). The Morgan fingerprint density at radius 1 is 1.38 bits per heavy atom. The second kappa shape index (κ2) is 7.72. The van der Waals surface area contributed by atoms with E-state index in [2.05, 4.69) is 58.3 Å². The number of ether oxygens (including phenoxy) is 1. The summed E-state index contributed by atoms with van der Waals surface area (Å²) in [6.45, 7) is 7.08. The molecule has 0 amide bonds. The Hall–Kier alpha value is -1.99. The van der Waals surface area contributed by atoms with Crippen LogP contribution in [0, 0.1) is 4.77 Å². The fraction of sp³-hybridized carbons (Fsp3) is 0.471. The quantitative estimate of drug-likeness (QED) is 0.643. The van der Waals surface area contributed by atoms with Crippen molar-refractivity contribution in [3.05, 3.63) is 40.4 Å². The third-order valence-electron chi connectivity index (χ3n) is 4.24. The van der Waals surface area contributed by atoms with Gasteiger partial charge in [-0.3, -0.25) is 5.10 Å². The molecule has 1 fully saturated rings. The zero-order valence-electron chi connectivity index (χ0n) is 14.1. The summed E-state index contributed by atoms with van der Waals surface area (Å²) >= 11 is 5.28. The summed E-state index contributed by atoms with van der Waals surface area (Å²) in [7, 11) is 0. The summed E-state index contributed by atoms with van der Waals surface area (Å²) in [5.41, 5.74) is 2.24. The fourth-order valence-electron chi connectivity index (χ4n) is 2.89. The number of benzene rings is 1. The highest BCUT2D eigenvalue weighted by molar-refractivity contribution is 7.71. The molecule has 1 aromatic heterocycles. The van der Waals surface area contributed by atoms with E-state index in [1.165, 1.54) is 5.69 Å². The number of nitrogens with one attached hydrogen (secondary N) is 1. The van der Waals surface area contributed by atoms with Crippen LogP contribution in [-0.4, -0.2) is 40.8 Å². The summed E-state index contributed by atoms with van der Waals surface area (Å²) in [5.74, 6) is 0.744. The maximum Gasteiger partial charge on any atom is 0.216 e. The Labute approximate surface area is 147 Å². The van der Waals surface area contributed by atoms with E-state index in [1.807, 2.05) is 0 Å². The van der Waals surface area contributed by atoms with Crippen molar-refractivity contribution >= 4 is 24.1 Å². The molecule has 0 radical (unpaired) electrons. The van der Waals surface area contributed by atoms with Crippen molar-refractivity contribution in [1.82, 2.24) is 14.9 Å². The third kappa shape index (κ3) is 3.57. The Balaban J connectivity index is 1.79. The normalized spacial score (nSPS) is 17.7. The molecule has 0 unspecified atom stereocenters. The van der Waals surface area contributed by atoms with Gasteiger partial charge >= 0.3 is 0 Å². The highest BCUT2D eigenvalue weighted by atomic mass is 32.1. The minimum absolute atomic E-state index is 0.0276. The first-order valence-electron chi connectivity index (χ1n) is 8.41. The van der Waals surface area contributed by atoms with Crippen LogP contribution in [0.2, 0.25) is 0 Å². The summed E-state index contributed by atoms with van der Waals surface area (Å²) in [4.78, 5) is 2.31. The topological polar surface area (TPSA) is 58.4 Å². The molecule has 2 aromatic rings. The molecule has 128 valence electrons. The third-order valence-corrected chi connectivity index (χ3v) is 4.50. The van der Waals surface area contributed by atoms with E-state index in [9.17, 15) is 0 Å². The zero-order valence-corrected chi connectivity index (χ0v) is 14.9. The molecule has 6 nitrogen and oxygen atoms in total. The number of nitrogens with zero attached hydrogens (tertiary/aromatic N) is 4. The molecule has 1 aliphatic heterocycles. The van der Waals surface area contributed by atoms with E-state index >= 15 is 0 Å². The van der Waals surface area contributed by atoms with Gasteiger partial charge < -0.3 is 9.64 Å². The maximum absolute atomic E-state index is 5.68. The second-order valence-electron chi connectivity index (χ2n) is 5.71. The van der Waals surface area contributed by atoms with E-state index in [4.69, 9.17) is 17.0 Å². The number of rotatable bonds is 6. The number of hydrogen-bond acceptors (Lipinski definition) is 5. The molecule has 0 aliphatic carbocycles. The van der Waals surface area contributed by atoms with Gasteiger partial charge in [0.2, 0.25) is 4.77 Å². The molecule has 1 atom stereocenters. The average molecular weight is 345 g/mol. The Kier molecular flexibility index (Phi) is 5.42. The van der Waals surface area contributed by atoms with Gasteiger partial charge in [-0.05, 0) is 56.6 Å². The first kappa shape index (κ1) is 16.9. The minimum atomic E-state index is -0.0276. The van der Waals surface area contributed by atoms with Gasteiger partial charge in [0, 0.05) is 25.4 Å². The first-order valence-corrected chi connectivity index (χ1v) is 8.82. The van der Waals surface area contributed by atoms with Crippen molar-refractivity contribution in [3.63, 3.8) is 0 Å². The minimum Gasteiger partial charge on any atom is -0.372 e. The largest absolute Gasteiger partial charge is 0.372 e. The van der Waals surface area contributed by atoms with Crippen molar-refractivity contribution in [3.8, 4) is 0 Å². The van der Waals surface area contributed by atoms with Crippen LogP contribution in [0.1, 0.15) is 44.2 Å². The van der Waals surface area contributed by atoms with Gasteiger partial charge in [-0.2, -0.15) is 14.9 Å². The number of aromatic amines is 1. The lowest BCUT2D eigenvalue weighted by Gasteiger charge is -2.20. The summed E-state index contributed by atoms with van der Waals surface area (Å²) in [6, 6.07) is 8.35. The van der Waals surface area contributed by atoms with Crippen LogP contribution in [0.5, 0.6) is 0 Å². The van der Waals surface area contributed by atoms with E-state index in [0.717, 1.165) is 43.9 Å². The highest BCUT2D eigenvalue weighted by Gasteiger charge is 2.23. The van der Waals surface area contributed by atoms with Crippen molar-refractivity contribution in [1.29, 1.82) is 0 Å². The predicted molar refractivity (Wildman–Crippen MR) is 98.3 cm³/mol. The van der Waals surface area contributed by atoms with Crippen LogP contribution in [0.15, 0.2) is 29.4 Å².